The molecule has 4 rings (SSSR count). The van der Waals surface area contributed by atoms with Crippen molar-refractivity contribution in [2.45, 2.75) is 45.6 Å². The van der Waals surface area contributed by atoms with Gasteiger partial charge in [-0.25, -0.2) is 4.98 Å². The Hall–Kier alpha value is -2.93. The summed E-state index contributed by atoms with van der Waals surface area (Å²) in [6.07, 6.45) is 2.34. The largest absolute Gasteiger partial charge is 0.496 e. The molecule has 1 N–H and O–H groups in total. The first-order valence-corrected chi connectivity index (χ1v) is 10.9. The van der Waals surface area contributed by atoms with Gasteiger partial charge in [0, 0.05) is 17.8 Å². The molecule has 31 heavy (non-hydrogen) atoms. The number of hydrogen-bond donors (Lipinski definition) is 1. The first kappa shape index (κ1) is 21.3. The number of aryl methyl sites for hydroxylation is 1. The molecule has 2 aromatic heterocycles. The van der Waals surface area contributed by atoms with Crippen LogP contribution in [0.2, 0.25) is 0 Å². The number of carbonyl (C=O) groups is 1. The van der Waals surface area contributed by atoms with Gasteiger partial charge in [0.2, 0.25) is 0 Å². The first-order chi connectivity index (χ1) is 15.0. The number of benzene rings is 1. The molecule has 164 valence electrons. The summed E-state index contributed by atoms with van der Waals surface area (Å²) in [6, 6.07) is 9.96. The van der Waals surface area contributed by atoms with Gasteiger partial charge in [-0.3, -0.25) is 9.69 Å². The molecule has 7 nitrogen and oxygen atoms in total. The SMILES string of the molecule is COc1ccccc1C(CNC(=O)c1cc(C(C)C)nc2onc(C)c12)N1CCCC1. The minimum atomic E-state index is -0.139. The van der Waals surface area contributed by atoms with E-state index in [-0.39, 0.29) is 17.9 Å². The zero-order valence-electron chi connectivity index (χ0n) is 18.6. The highest BCUT2D eigenvalue weighted by molar-refractivity contribution is 6.06. The number of ether oxygens (including phenoxy) is 1. The predicted molar refractivity (Wildman–Crippen MR) is 120 cm³/mol. The standard InChI is InChI=1S/C24H30N4O3/c1-15(2)19-13-18(22-16(3)27-31-24(22)26-19)23(29)25-14-20(28-11-7-8-12-28)17-9-5-6-10-21(17)30-4/h5-6,9-10,13,15,20H,7-8,11-12,14H2,1-4H3,(H,25,29). The summed E-state index contributed by atoms with van der Waals surface area (Å²) < 4.78 is 11.0. The van der Waals surface area contributed by atoms with Gasteiger partial charge in [0.05, 0.1) is 29.8 Å². The fraction of sp³-hybridized carbons (Fsp3) is 0.458. The van der Waals surface area contributed by atoms with E-state index >= 15 is 0 Å². The summed E-state index contributed by atoms with van der Waals surface area (Å²) in [7, 11) is 1.69. The second-order valence-corrected chi connectivity index (χ2v) is 8.41. The van der Waals surface area contributed by atoms with E-state index in [4.69, 9.17) is 9.26 Å². The topological polar surface area (TPSA) is 80.5 Å². The summed E-state index contributed by atoms with van der Waals surface area (Å²) >= 11 is 0. The van der Waals surface area contributed by atoms with Gasteiger partial charge in [0.25, 0.3) is 11.6 Å². The maximum Gasteiger partial charge on any atom is 0.259 e. The molecule has 1 aliphatic heterocycles. The molecule has 0 spiro atoms. The lowest BCUT2D eigenvalue weighted by atomic mass is 10.0. The Balaban J connectivity index is 1.63. The van der Waals surface area contributed by atoms with Crippen molar-refractivity contribution in [2.75, 3.05) is 26.7 Å². The van der Waals surface area contributed by atoms with Gasteiger partial charge in [-0.15, -0.1) is 0 Å². The predicted octanol–water partition coefficient (Wildman–Crippen LogP) is 4.23. The van der Waals surface area contributed by atoms with Gasteiger partial charge in [-0.05, 0) is 50.9 Å². The number of carbonyl (C=O) groups excluding carboxylic acids is 1. The Bertz CT molecular complexity index is 1070. The summed E-state index contributed by atoms with van der Waals surface area (Å²) in [5.41, 5.74) is 3.55. The second kappa shape index (κ2) is 9.06. The molecule has 1 atom stereocenters. The van der Waals surface area contributed by atoms with Crippen LogP contribution in [-0.4, -0.2) is 47.7 Å². The summed E-state index contributed by atoms with van der Waals surface area (Å²) in [5, 5.41) is 7.87. The minimum Gasteiger partial charge on any atom is -0.496 e. The number of amides is 1. The second-order valence-electron chi connectivity index (χ2n) is 8.41. The number of nitrogens with one attached hydrogen (secondary N) is 1. The highest BCUT2D eigenvalue weighted by Crippen LogP contribution is 2.31. The van der Waals surface area contributed by atoms with E-state index in [2.05, 4.69) is 26.4 Å². The summed E-state index contributed by atoms with van der Waals surface area (Å²) in [4.78, 5) is 20.3. The normalized spacial score (nSPS) is 15.5. The monoisotopic (exact) mass is 422 g/mol. The van der Waals surface area contributed by atoms with Crippen LogP contribution in [0.3, 0.4) is 0 Å². The van der Waals surface area contributed by atoms with Crippen LogP contribution in [-0.2, 0) is 0 Å². The molecule has 1 saturated heterocycles. The molecule has 1 fully saturated rings. The third-order valence-corrected chi connectivity index (χ3v) is 6.01. The van der Waals surface area contributed by atoms with Gasteiger partial charge in [-0.2, -0.15) is 0 Å². The van der Waals surface area contributed by atoms with Crippen molar-refractivity contribution in [3.8, 4) is 5.75 Å². The third kappa shape index (κ3) is 4.28. The Morgan fingerprint density at radius 2 is 2.00 bits per heavy atom. The Labute approximate surface area is 182 Å². The maximum atomic E-state index is 13.3. The number of aromatic nitrogens is 2. The molecule has 1 aliphatic rings. The maximum absolute atomic E-state index is 13.3. The lowest BCUT2D eigenvalue weighted by Crippen LogP contribution is -2.37. The molecule has 3 aromatic rings. The van der Waals surface area contributed by atoms with Crippen LogP contribution in [0.15, 0.2) is 34.9 Å². The van der Waals surface area contributed by atoms with Crippen molar-refractivity contribution in [2.24, 2.45) is 0 Å². The zero-order valence-corrected chi connectivity index (χ0v) is 18.6. The molecule has 1 unspecified atom stereocenters. The number of fused-ring (bicyclic) bond motifs is 1. The lowest BCUT2D eigenvalue weighted by molar-refractivity contribution is 0.0938. The van der Waals surface area contributed by atoms with Gasteiger partial charge in [0.1, 0.15) is 5.75 Å². The van der Waals surface area contributed by atoms with Gasteiger partial charge in [-0.1, -0.05) is 37.2 Å². The lowest BCUT2D eigenvalue weighted by Gasteiger charge is -2.29. The van der Waals surface area contributed by atoms with Crippen molar-refractivity contribution < 1.29 is 14.1 Å². The minimum absolute atomic E-state index is 0.0491. The van der Waals surface area contributed by atoms with Crippen LogP contribution in [0.1, 0.15) is 66.0 Å². The van der Waals surface area contributed by atoms with Crippen molar-refractivity contribution in [1.82, 2.24) is 20.4 Å². The smallest absolute Gasteiger partial charge is 0.259 e. The third-order valence-electron chi connectivity index (χ3n) is 6.01. The van der Waals surface area contributed by atoms with E-state index in [9.17, 15) is 4.79 Å². The van der Waals surface area contributed by atoms with Crippen LogP contribution >= 0.6 is 0 Å². The Kier molecular flexibility index (Phi) is 6.23. The van der Waals surface area contributed by atoms with Gasteiger partial charge >= 0.3 is 0 Å². The van der Waals surface area contributed by atoms with E-state index < -0.39 is 0 Å². The summed E-state index contributed by atoms with van der Waals surface area (Å²) in [6.45, 7) is 8.45. The number of pyridine rings is 1. The molecule has 1 amide bonds. The van der Waals surface area contributed by atoms with Crippen molar-refractivity contribution in [1.29, 1.82) is 0 Å². The quantitative estimate of drug-likeness (QED) is 0.614. The fourth-order valence-electron chi connectivity index (χ4n) is 4.30. The highest BCUT2D eigenvalue weighted by Gasteiger charge is 2.27. The molecule has 3 heterocycles. The van der Waals surface area contributed by atoms with E-state index in [0.29, 0.717) is 28.9 Å². The van der Waals surface area contributed by atoms with Gasteiger partial charge < -0.3 is 14.6 Å². The molecule has 7 heteroatoms. The Morgan fingerprint density at radius 3 is 2.71 bits per heavy atom. The zero-order chi connectivity index (χ0) is 22.0. The number of nitrogens with zero attached hydrogens (tertiary/aromatic N) is 3. The molecule has 0 bridgehead atoms. The van der Waals surface area contributed by atoms with E-state index in [1.54, 1.807) is 7.11 Å². The number of para-hydroxylation sites is 1. The van der Waals surface area contributed by atoms with Crippen molar-refractivity contribution in [3.63, 3.8) is 0 Å². The molecular weight excluding hydrogens is 392 g/mol. The molecule has 0 aliphatic carbocycles. The average molecular weight is 423 g/mol. The fourth-order valence-corrected chi connectivity index (χ4v) is 4.30. The number of hydrogen-bond acceptors (Lipinski definition) is 6. The summed E-state index contributed by atoms with van der Waals surface area (Å²) in [5.74, 6) is 0.879. The van der Waals surface area contributed by atoms with Crippen molar-refractivity contribution in [3.05, 3.63) is 52.8 Å². The van der Waals surface area contributed by atoms with Crippen molar-refractivity contribution >= 4 is 17.0 Å². The van der Waals surface area contributed by atoms with E-state index in [1.807, 2.05) is 45.0 Å². The average Bonchev–Trinajstić information content (AvgIpc) is 3.44. The van der Waals surface area contributed by atoms with Crippen LogP contribution in [0.25, 0.3) is 11.1 Å². The number of methoxy groups -OCH3 is 1. The van der Waals surface area contributed by atoms with Crippen LogP contribution in [0.4, 0.5) is 0 Å². The van der Waals surface area contributed by atoms with Crippen LogP contribution < -0.4 is 10.1 Å². The molecular formula is C24H30N4O3. The van der Waals surface area contributed by atoms with Crippen LogP contribution in [0.5, 0.6) is 5.75 Å². The van der Waals surface area contributed by atoms with E-state index in [1.165, 1.54) is 12.8 Å². The van der Waals surface area contributed by atoms with Crippen LogP contribution in [0, 0.1) is 6.92 Å². The van der Waals surface area contributed by atoms with E-state index in [0.717, 1.165) is 30.1 Å². The molecule has 0 saturated carbocycles. The Morgan fingerprint density at radius 1 is 1.26 bits per heavy atom. The number of likely N-dealkylation sites (tertiary alicyclic amines) is 1. The highest BCUT2D eigenvalue weighted by atomic mass is 16.5. The first-order valence-electron chi connectivity index (χ1n) is 10.9. The molecule has 1 aromatic carbocycles. The molecule has 0 radical (unpaired) electrons. The van der Waals surface area contributed by atoms with Gasteiger partial charge in [0.15, 0.2) is 0 Å². The number of rotatable bonds is 7.